The number of thiazole rings is 1. The lowest BCUT2D eigenvalue weighted by Crippen LogP contribution is -2.45. The average Bonchev–Trinajstić information content (AvgIpc) is 3.34. The van der Waals surface area contributed by atoms with Gasteiger partial charge in [0, 0.05) is 18.7 Å². The Bertz CT molecular complexity index is 979. The van der Waals surface area contributed by atoms with Crippen molar-refractivity contribution < 1.29 is 14.7 Å². The molecule has 0 bridgehead atoms. The van der Waals surface area contributed by atoms with Gasteiger partial charge in [-0.1, -0.05) is 23.4 Å². The zero-order chi connectivity index (χ0) is 19.5. The third-order valence-electron chi connectivity index (χ3n) is 4.92. The predicted octanol–water partition coefficient (Wildman–Crippen LogP) is 2.55. The Hall–Kier alpha value is -3.07. The van der Waals surface area contributed by atoms with Gasteiger partial charge in [0.2, 0.25) is 5.91 Å². The fraction of sp³-hybridized carbons (Fsp3) is 0.316. The molecule has 1 fully saturated rings. The monoisotopic (exact) mass is 397 g/mol. The molecule has 1 amide bonds. The topological polar surface area (TPSA) is 110 Å². The number of carbonyl (C=O) groups is 2. The third kappa shape index (κ3) is 3.94. The number of nitrogens with zero attached hydrogens (tertiary/aromatic N) is 4. The number of amides is 1. The largest absolute Gasteiger partial charge is 0.478 e. The molecule has 0 spiro atoms. The fourth-order valence-electron chi connectivity index (χ4n) is 3.33. The summed E-state index contributed by atoms with van der Waals surface area (Å²) < 4.78 is 1.85. The van der Waals surface area contributed by atoms with Crippen LogP contribution >= 0.6 is 11.3 Å². The van der Waals surface area contributed by atoms with Crippen LogP contribution in [0.3, 0.4) is 0 Å². The first-order chi connectivity index (χ1) is 13.6. The first-order valence-electron chi connectivity index (χ1n) is 9.01. The van der Waals surface area contributed by atoms with Crippen molar-refractivity contribution in [2.24, 2.45) is 0 Å². The fourth-order valence-corrected chi connectivity index (χ4v) is 3.90. The first-order valence-corrected chi connectivity index (χ1v) is 9.89. The van der Waals surface area contributed by atoms with Crippen molar-refractivity contribution in [3.05, 3.63) is 53.3 Å². The second kappa shape index (κ2) is 7.89. The molecule has 28 heavy (non-hydrogen) atoms. The van der Waals surface area contributed by atoms with Crippen molar-refractivity contribution >= 4 is 23.2 Å². The maximum atomic E-state index is 12.2. The molecule has 0 saturated heterocycles. The molecule has 3 aromatic rings. The summed E-state index contributed by atoms with van der Waals surface area (Å²) >= 11 is 1.52. The Kier molecular flexibility index (Phi) is 5.16. The Morgan fingerprint density at radius 3 is 2.86 bits per heavy atom. The van der Waals surface area contributed by atoms with E-state index in [1.54, 1.807) is 36.0 Å². The molecule has 2 N–H and O–H groups in total. The summed E-state index contributed by atoms with van der Waals surface area (Å²) in [5.41, 5.74) is 3.50. The predicted molar refractivity (Wildman–Crippen MR) is 103 cm³/mol. The lowest BCUT2D eigenvalue weighted by Gasteiger charge is -2.35. The minimum absolute atomic E-state index is 0.0624. The zero-order valence-electron chi connectivity index (χ0n) is 15.0. The van der Waals surface area contributed by atoms with E-state index in [1.165, 1.54) is 11.3 Å². The summed E-state index contributed by atoms with van der Waals surface area (Å²) in [6.45, 7) is 0. The molecule has 0 radical (unpaired) electrons. The molecule has 2 heterocycles. The second-order valence-corrected chi connectivity index (χ2v) is 7.69. The lowest BCUT2D eigenvalue weighted by molar-refractivity contribution is -0.122. The molecular formula is C19H19N5O3S. The van der Waals surface area contributed by atoms with Gasteiger partial charge in [-0.2, -0.15) is 0 Å². The number of rotatable bonds is 7. The quantitative estimate of drug-likeness (QED) is 0.634. The van der Waals surface area contributed by atoms with E-state index in [4.69, 9.17) is 0 Å². The van der Waals surface area contributed by atoms with Gasteiger partial charge in [-0.05, 0) is 30.9 Å². The van der Waals surface area contributed by atoms with Gasteiger partial charge in [-0.25, -0.2) is 9.48 Å². The number of hydrogen-bond acceptors (Lipinski definition) is 6. The van der Waals surface area contributed by atoms with E-state index in [1.807, 2.05) is 10.9 Å². The highest BCUT2D eigenvalue weighted by molar-refractivity contribution is 7.13. The molecule has 144 valence electrons. The molecule has 1 saturated carbocycles. The minimum Gasteiger partial charge on any atom is -0.478 e. The van der Waals surface area contributed by atoms with Gasteiger partial charge in [0.05, 0.1) is 28.2 Å². The van der Waals surface area contributed by atoms with Crippen molar-refractivity contribution in [1.82, 2.24) is 25.3 Å². The van der Waals surface area contributed by atoms with E-state index in [9.17, 15) is 14.7 Å². The Morgan fingerprint density at radius 2 is 2.11 bits per heavy atom. The van der Waals surface area contributed by atoms with Crippen molar-refractivity contribution in [3.8, 4) is 10.6 Å². The zero-order valence-corrected chi connectivity index (χ0v) is 15.8. The van der Waals surface area contributed by atoms with E-state index in [0.29, 0.717) is 12.0 Å². The van der Waals surface area contributed by atoms with Crippen LogP contribution in [0.1, 0.15) is 41.2 Å². The van der Waals surface area contributed by atoms with Crippen LogP contribution < -0.4 is 5.32 Å². The summed E-state index contributed by atoms with van der Waals surface area (Å²) in [6.07, 6.45) is 5.98. The number of aryl methyl sites for hydroxylation is 1. The van der Waals surface area contributed by atoms with Crippen LogP contribution in [0.2, 0.25) is 0 Å². The molecule has 9 heteroatoms. The Morgan fingerprint density at radius 1 is 1.29 bits per heavy atom. The molecule has 4 rings (SSSR count). The van der Waals surface area contributed by atoms with E-state index < -0.39 is 5.97 Å². The van der Waals surface area contributed by atoms with Crippen LogP contribution in [0.5, 0.6) is 0 Å². The number of aromatic nitrogens is 4. The van der Waals surface area contributed by atoms with Gasteiger partial charge in [0.15, 0.2) is 0 Å². The van der Waals surface area contributed by atoms with Crippen LogP contribution in [-0.2, 0) is 11.2 Å². The SMILES string of the molecule is O=C(CCc1ccccc1C(=O)O)NC1CC(n2cc(-c3cncs3)nn2)C1. The summed E-state index contributed by atoms with van der Waals surface area (Å²) in [5.74, 6) is -1.03. The van der Waals surface area contributed by atoms with Gasteiger partial charge in [0.25, 0.3) is 0 Å². The van der Waals surface area contributed by atoms with Gasteiger partial charge in [0.1, 0.15) is 5.69 Å². The molecule has 2 aromatic heterocycles. The maximum Gasteiger partial charge on any atom is 0.335 e. The van der Waals surface area contributed by atoms with E-state index in [2.05, 4.69) is 20.6 Å². The second-order valence-electron chi connectivity index (χ2n) is 6.80. The van der Waals surface area contributed by atoms with Gasteiger partial charge in [-0.3, -0.25) is 9.78 Å². The van der Waals surface area contributed by atoms with Crippen LogP contribution in [0.4, 0.5) is 0 Å². The van der Waals surface area contributed by atoms with Crippen molar-refractivity contribution in [1.29, 1.82) is 0 Å². The molecule has 0 atom stereocenters. The third-order valence-corrected chi connectivity index (χ3v) is 5.71. The summed E-state index contributed by atoms with van der Waals surface area (Å²) in [5, 5.41) is 20.6. The normalized spacial score (nSPS) is 18.4. The van der Waals surface area contributed by atoms with E-state index in [-0.39, 0.29) is 30.0 Å². The maximum absolute atomic E-state index is 12.2. The van der Waals surface area contributed by atoms with Crippen LogP contribution in [0.15, 0.2) is 42.2 Å². The summed E-state index contributed by atoms with van der Waals surface area (Å²) in [4.78, 5) is 28.5. The van der Waals surface area contributed by atoms with Crippen molar-refractivity contribution in [2.75, 3.05) is 0 Å². The highest BCUT2D eigenvalue weighted by Crippen LogP contribution is 2.33. The number of carboxylic acid groups (broad SMARTS) is 1. The average molecular weight is 397 g/mol. The molecule has 1 aliphatic carbocycles. The number of nitrogens with one attached hydrogen (secondary N) is 1. The summed E-state index contributed by atoms with van der Waals surface area (Å²) in [6, 6.07) is 7.13. The Balaban J connectivity index is 1.25. The van der Waals surface area contributed by atoms with E-state index >= 15 is 0 Å². The van der Waals surface area contributed by atoms with Crippen LogP contribution in [-0.4, -0.2) is 43.0 Å². The number of aromatic carboxylic acids is 1. The van der Waals surface area contributed by atoms with Gasteiger partial charge in [-0.15, -0.1) is 16.4 Å². The lowest BCUT2D eigenvalue weighted by atomic mass is 9.86. The Labute approximate surface area is 165 Å². The van der Waals surface area contributed by atoms with Gasteiger partial charge >= 0.3 is 5.97 Å². The highest BCUT2D eigenvalue weighted by atomic mass is 32.1. The van der Waals surface area contributed by atoms with E-state index in [0.717, 1.165) is 23.4 Å². The van der Waals surface area contributed by atoms with Gasteiger partial charge < -0.3 is 10.4 Å². The first kappa shape index (κ1) is 18.3. The molecule has 8 nitrogen and oxygen atoms in total. The molecular weight excluding hydrogens is 378 g/mol. The molecule has 1 aliphatic rings. The highest BCUT2D eigenvalue weighted by Gasteiger charge is 2.32. The minimum atomic E-state index is -0.969. The molecule has 1 aromatic carbocycles. The number of carbonyl (C=O) groups excluding carboxylic acids is 1. The molecule has 0 unspecified atom stereocenters. The smallest absolute Gasteiger partial charge is 0.335 e. The standard InChI is InChI=1S/C19H19N5O3S/c25-18(6-5-12-3-1-2-4-15(12)19(26)27)21-13-7-14(8-13)24-10-16(22-23-24)17-9-20-11-28-17/h1-4,9-11,13-14H,5-8H2,(H,21,25)(H,26,27). The van der Waals surface area contributed by atoms with Crippen LogP contribution in [0.25, 0.3) is 10.6 Å². The number of benzene rings is 1. The van der Waals surface area contributed by atoms with Crippen molar-refractivity contribution in [3.63, 3.8) is 0 Å². The van der Waals surface area contributed by atoms with Crippen molar-refractivity contribution in [2.45, 2.75) is 37.8 Å². The number of hydrogen-bond donors (Lipinski definition) is 2. The molecule has 0 aliphatic heterocycles. The summed E-state index contributed by atoms with van der Waals surface area (Å²) in [7, 11) is 0. The van der Waals surface area contributed by atoms with Crippen LogP contribution in [0, 0.1) is 0 Å². The number of carboxylic acids is 1.